The van der Waals surface area contributed by atoms with Crippen molar-refractivity contribution in [3.63, 3.8) is 0 Å². The van der Waals surface area contributed by atoms with Gasteiger partial charge in [0.1, 0.15) is 10.9 Å². The molecule has 0 radical (unpaired) electrons. The summed E-state index contributed by atoms with van der Waals surface area (Å²) < 4.78 is 18.1. The van der Waals surface area contributed by atoms with Crippen LogP contribution < -0.4 is 42.0 Å². The van der Waals surface area contributed by atoms with Crippen LogP contribution in [0, 0.1) is 0 Å². The van der Waals surface area contributed by atoms with Crippen LogP contribution in [0.25, 0.3) is 189 Å². The number of benzene rings is 18. The molecule has 0 saturated heterocycles. The van der Waals surface area contributed by atoms with Crippen molar-refractivity contribution in [2.24, 2.45) is 0 Å². The molecule has 0 atom stereocenters. The van der Waals surface area contributed by atoms with Gasteiger partial charge in [-0.05, 0) is 170 Å². The Morgan fingerprint density at radius 3 is 0.806 bits per heavy atom. The SMILES string of the molecule is c1ccc([Si](c2ccccc2)(c2cccc(-n3c4ccccc4c4ccccc43)c2)c2nc(-n3c4ccccc4c4ccccc43)nc(-n3c4ccccc4c4cc(-c5ccc6c(c5)nc5n(-c7nc(-n8c9ccccc9n9c%10ccccc%10nc89)nc([Si](c8ccccc8)(c8ccccc8)c8cccc(-n9c%10ccccc%10c%10ccccc%109)c8)n7)c7ccccc7n65)ccc43)n2)cc1. The summed E-state index contributed by atoms with van der Waals surface area (Å²) in [5.74, 6) is 3.11. The van der Waals surface area contributed by atoms with Gasteiger partial charge in [-0.2, -0.15) is 9.97 Å². The molecule has 0 aliphatic rings. The molecule has 10 aromatic heterocycles. The molecule has 16 nitrogen and oxygen atoms in total. The molecule has 0 N–H and O–H groups in total. The van der Waals surface area contributed by atoms with Crippen LogP contribution in [0.5, 0.6) is 0 Å². The lowest BCUT2D eigenvalue weighted by Gasteiger charge is -2.33. The van der Waals surface area contributed by atoms with Gasteiger partial charge in [0.2, 0.25) is 51.5 Å². The van der Waals surface area contributed by atoms with Crippen molar-refractivity contribution in [3.8, 4) is 46.3 Å². The first kappa shape index (κ1) is 75.2. The van der Waals surface area contributed by atoms with Crippen LogP contribution in [-0.4, -0.2) is 92.2 Å². The Labute approximate surface area is 767 Å². The van der Waals surface area contributed by atoms with Crippen LogP contribution in [0.2, 0.25) is 0 Å². The highest BCUT2D eigenvalue weighted by atomic mass is 28.3. The zero-order valence-electron chi connectivity index (χ0n) is 71.9. The second kappa shape index (κ2) is 29.3. The maximum absolute atomic E-state index is 6.11. The molecule has 18 heteroatoms. The van der Waals surface area contributed by atoms with Gasteiger partial charge in [0.25, 0.3) is 0 Å². The van der Waals surface area contributed by atoms with Gasteiger partial charge in [-0.15, -0.1) is 0 Å². The number of rotatable bonds is 15. The van der Waals surface area contributed by atoms with E-state index in [-0.39, 0.29) is 0 Å². The zero-order valence-corrected chi connectivity index (χ0v) is 73.9. The summed E-state index contributed by atoms with van der Waals surface area (Å²) in [6.45, 7) is 0. The standard InChI is InChI=1S/C116H74N16Si2/c1-5-37-79(38-6-1)133(80-39-7-2-8-40-80,83-45-33-35-77(73-83)125-95-55-21-13-47-85(95)86-48-14-22-56-96(86)125)113-121-109(127-99-59-25-17-51-89(99)90-52-18-26-60-100(90)127)119-110(122-113)128-101-61-27-19-53-91(101)92-71-75(67-69-102(92)128)76-68-70-104-94(72-76)118-116-130(104)106-64-30-32-66-108(106)132(116)112-120-111(131-107-65-31-29-63-105(107)129-103-62-28-20-54-93(103)117-115(129)131)123-114(124-112)134(81-41-9-3-10-42-81,82-43-11-4-12-44-82)84-46-34-36-78(74-84)126-97-57-23-15-49-87(97)88-50-16-24-58-98(88)126/h1-74H. The highest BCUT2D eigenvalue weighted by Gasteiger charge is 2.48. The molecule has 0 fully saturated rings. The molecule has 0 amide bonds. The third-order valence-corrected chi connectivity index (χ3v) is 36.6. The topological polar surface area (TPSA) is 142 Å². The van der Waals surface area contributed by atoms with E-state index in [1.54, 1.807) is 0 Å². The predicted octanol–water partition coefficient (Wildman–Crippen LogP) is 20.4. The Bertz CT molecular complexity index is 9460. The molecule has 0 saturated carbocycles. The molecule has 0 unspecified atom stereocenters. The third-order valence-electron chi connectivity index (χ3n) is 27.6. The Hall–Kier alpha value is -17.8. The number of fused-ring (bicyclic) bond motifs is 22. The molecule has 134 heavy (non-hydrogen) atoms. The van der Waals surface area contributed by atoms with Crippen LogP contribution >= 0.6 is 0 Å². The van der Waals surface area contributed by atoms with E-state index >= 15 is 0 Å². The van der Waals surface area contributed by atoms with Crippen LogP contribution in [0.15, 0.2) is 449 Å². The first-order valence-corrected chi connectivity index (χ1v) is 49.2. The average Bonchev–Trinajstić information content (AvgIpc) is 1.31. The highest BCUT2D eigenvalue weighted by Crippen LogP contribution is 2.41. The van der Waals surface area contributed by atoms with Gasteiger partial charge in [0.15, 0.2) is 0 Å². The Morgan fingerprint density at radius 1 is 0.157 bits per heavy atom. The summed E-state index contributed by atoms with van der Waals surface area (Å²) in [5.41, 5.74) is 20.9. The van der Waals surface area contributed by atoms with Crippen molar-refractivity contribution in [2.45, 2.75) is 0 Å². The number of aromatic nitrogens is 16. The maximum atomic E-state index is 6.11. The van der Waals surface area contributed by atoms with Gasteiger partial charge in [-0.1, -0.05) is 322 Å². The zero-order chi connectivity index (χ0) is 87.9. The number of nitrogens with zero attached hydrogens (tertiary/aromatic N) is 16. The van der Waals surface area contributed by atoms with Crippen molar-refractivity contribution in [1.29, 1.82) is 0 Å². The fraction of sp³-hybridized carbons (Fsp3) is 0. The number of imidazole rings is 4. The fourth-order valence-corrected chi connectivity index (χ4v) is 30.8. The van der Waals surface area contributed by atoms with E-state index in [1.165, 1.54) is 21.5 Å². The minimum atomic E-state index is -3.77. The lowest BCUT2D eigenvalue weighted by atomic mass is 10.0. The first-order valence-electron chi connectivity index (χ1n) is 45.2. The normalized spacial score (nSPS) is 12.3. The lowest BCUT2D eigenvalue weighted by molar-refractivity contribution is 0.887. The van der Waals surface area contributed by atoms with Crippen molar-refractivity contribution in [1.82, 2.24) is 76.1 Å². The fourth-order valence-electron chi connectivity index (χ4n) is 22.0. The molecule has 0 spiro atoms. The molecule has 0 aliphatic carbocycles. The van der Waals surface area contributed by atoms with Gasteiger partial charge in [-0.25, -0.2) is 39.0 Å². The van der Waals surface area contributed by atoms with Gasteiger partial charge < -0.3 is 9.13 Å². The summed E-state index contributed by atoms with van der Waals surface area (Å²) in [5, 5.41) is 15.7. The maximum Gasteiger partial charge on any atom is 0.241 e. The van der Waals surface area contributed by atoms with Gasteiger partial charge in [0.05, 0.1) is 88.3 Å². The van der Waals surface area contributed by atoms with Gasteiger partial charge in [0, 0.05) is 54.5 Å². The minimum absolute atomic E-state index is 0.397. The lowest BCUT2D eigenvalue weighted by Crippen LogP contribution is -2.76. The molecule has 626 valence electrons. The minimum Gasteiger partial charge on any atom is -0.309 e. The summed E-state index contributed by atoms with van der Waals surface area (Å²) in [4.78, 5) is 47.3. The van der Waals surface area contributed by atoms with Crippen LogP contribution in [-0.2, 0) is 0 Å². The number of para-hydroxylation sites is 13. The molecule has 18 aromatic carbocycles. The summed E-state index contributed by atoms with van der Waals surface area (Å²) >= 11 is 0. The van der Waals surface area contributed by atoms with Gasteiger partial charge in [-0.3, -0.25) is 17.9 Å². The second-order valence-electron chi connectivity index (χ2n) is 34.6. The van der Waals surface area contributed by atoms with Crippen molar-refractivity contribution < 1.29 is 0 Å². The first-order chi connectivity index (χ1) is 66.5. The molecule has 28 aromatic rings. The molecule has 28 rings (SSSR count). The Kier molecular flexibility index (Phi) is 16.5. The van der Waals surface area contributed by atoms with E-state index < -0.39 is 16.1 Å². The molecule has 0 aliphatic heterocycles. The molecular weight excluding hydrogens is 1670 g/mol. The molecular formula is C116H74N16Si2. The van der Waals surface area contributed by atoms with E-state index in [0.29, 0.717) is 46.2 Å². The van der Waals surface area contributed by atoms with E-state index in [2.05, 4.69) is 479 Å². The quantitative estimate of drug-likeness (QED) is 0.0730. The van der Waals surface area contributed by atoms with E-state index in [9.17, 15) is 0 Å². The monoisotopic (exact) mass is 1750 g/mol. The summed E-state index contributed by atoms with van der Waals surface area (Å²) in [7, 11) is -7.47. The van der Waals surface area contributed by atoms with E-state index in [4.69, 9.17) is 39.9 Å². The Morgan fingerprint density at radius 2 is 0.425 bits per heavy atom. The second-order valence-corrected chi connectivity index (χ2v) is 42.0. The largest absolute Gasteiger partial charge is 0.309 e. The van der Waals surface area contributed by atoms with Crippen LogP contribution in [0.1, 0.15) is 0 Å². The number of hydrogen-bond donors (Lipinski definition) is 0. The number of hydrogen-bond acceptors (Lipinski definition) is 8. The van der Waals surface area contributed by atoms with Gasteiger partial charge >= 0.3 is 0 Å². The van der Waals surface area contributed by atoms with Crippen molar-refractivity contribution in [3.05, 3.63) is 449 Å². The summed E-state index contributed by atoms with van der Waals surface area (Å²) in [6.07, 6.45) is 0. The van der Waals surface area contributed by atoms with E-state index in [0.717, 1.165) is 163 Å². The van der Waals surface area contributed by atoms with Crippen LogP contribution in [0.3, 0.4) is 0 Å². The molecule has 0 bridgehead atoms. The predicted molar refractivity (Wildman–Crippen MR) is 549 cm³/mol. The average molecular weight is 1750 g/mol. The third kappa shape index (κ3) is 10.9. The highest BCUT2D eigenvalue weighted by molar-refractivity contribution is 7.20. The summed E-state index contributed by atoms with van der Waals surface area (Å²) in [6, 6.07) is 162. The van der Waals surface area contributed by atoms with Crippen molar-refractivity contribution >= 4 is 201 Å². The van der Waals surface area contributed by atoms with Crippen LogP contribution in [0.4, 0.5) is 0 Å². The Balaban J connectivity index is 0.655. The smallest absolute Gasteiger partial charge is 0.241 e. The van der Waals surface area contributed by atoms with Crippen molar-refractivity contribution in [2.75, 3.05) is 0 Å². The van der Waals surface area contributed by atoms with E-state index in [1.807, 2.05) is 6.07 Å². The molecule has 10 heterocycles.